The lowest BCUT2D eigenvalue weighted by Gasteiger charge is -2.12. The maximum Gasteiger partial charge on any atom is 0.244 e. The molecule has 1 aromatic heterocycles. The number of rotatable bonds is 7. The topological polar surface area (TPSA) is 99.0 Å². The third-order valence-electron chi connectivity index (χ3n) is 3.90. The molecule has 10 heteroatoms. The van der Waals surface area contributed by atoms with E-state index in [0.29, 0.717) is 23.5 Å². The minimum Gasteiger partial charge on any atom is -0.495 e. The molecule has 2 aromatic carbocycles. The molecule has 1 N–H and O–H groups in total. The van der Waals surface area contributed by atoms with Crippen LogP contribution in [0.5, 0.6) is 5.75 Å². The maximum absolute atomic E-state index is 13.3. The van der Waals surface area contributed by atoms with Crippen LogP contribution in [-0.4, -0.2) is 35.7 Å². The van der Waals surface area contributed by atoms with E-state index < -0.39 is 15.8 Å². The molecule has 0 atom stereocenters. The van der Waals surface area contributed by atoms with Crippen LogP contribution in [-0.2, 0) is 23.1 Å². The first-order valence-electron chi connectivity index (χ1n) is 8.13. The Kier molecular flexibility index (Phi) is 5.47. The largest absolute Gasteiger partial charge is 0.495 e. The Balaban J connectivity index is 1.94. The lowest BCUT2D eigenvalue weighted by atomic mass is 10.2. The van der Waals surface area contributed by atoms with E-state index in [1.54, 1.807) is 22.9 Å². The molecule has 0 unspecified atom stereocenters. The van der Waals surface area contributed by atoms with E-state index in [9.17, 15) is 12.8 Å². The fourth-order valence-corrected chi connectivity index (χ4v) is 3.76. The molecule has 0 saturated heterocycles. The molecule has 0 amide bonds. The van der Waals surface area contributed by atoms with E-state index in [1.165, 1.54) is 31.4 Å². The van der Waals surface area contributed by atoms with Crippen molar-refractivity contribution in [3.63, 3.8) is 0 Å². The van der Waals surface area contributed by atoms with Gasteiger partial charge < -0.3 is 4.74 Å². The summed E-state index contributed by atoms with van der Waals surface area (Å²) in [6, 6.07) is 10.4. The Hall–Kier alpha value is -2.85. The van der Waals surface area contributed by atoms with Crippen LogP contribution >= 0.6 is 0 Å². The standard InChI is InChI=1S/C17H18FN5O3S/c1-3-23-17(20-21-22-23)13-7-8-15(26-2)16(10-13)27(24,25)19-11-12-5-4-6-14(18)9-12/h4-10,19H,3,11H2,1-2H3. The van der Waals surface area contributed by atoms with Crippen LogP contribution in [0.15, 0.2) is 47.4 Å². The van der Waals surface area contributed by atoms with Gasteiger partial charge in [-0.2, -0.15) is 0 Å². The third kappa shape index (κ3) is 4.12. The van der Waals surface area contributed by atoms with Gasteiger partial charge in [0.1, 0.15) is 16.5 Å². The minimum absolute atomic E-state index is 0.0513. The predicted molar refractivity (Wildman–Crippen MR) is 95.9 cm³/mol. The summed E-state index contributed by atoms with van der Waals surface area (Å²) >= 11 is 0. The first kappa shape index (κ1) is 18.9. The SMILES string of the molecule is CCn1nnnc1-c1ccc(OC)c(S(=O)(=O)NCc2cccc(F)c2)c1. The molecular formula is C17H18FN5O3S. The number of nitrogens with one attached hydrogen (secondary N) is 1. The summed E-state index contributed by atoms with van der Waals surface area (Å²) in [5, 5.41) is 11.4. The second-order valence-electron chi connectivity index (χ2n) is 5.64. The van der Waals surface area contributed by atoms with Crippen molar-refractivity contribution >= 4 is 10.0 Å². The van der Waals surface area contributed by atoms with Crippen LogP contribution in [0.2, 0.25) is 0 Å². The summed E-state index contributed by atoms with van der Waals surface area (Å²) < 4.78 is 48.1. The number of ether oxygens (including phenoxy) is 1. The second-order valence-corrected chi connectivity index (χ2v) is 7.37. The van der Waals surface area contributed by atoms with Crippen LogP contribution in [0.25, 0.3) is 11.4 Å². The smallest absolute Gasteiger partial charge is 0.244 e. The lowest BCUT2D eigenvalue weighted by molar-refractivity contribution is 0.402. The highest BCUT2D eigenvalue weighted by Gasteiger charge is 2.21. The average Bonchev–Trinajstić information content (AvgIpc) is 3.15. The first-order chi connectivity index (χ1) is 12.9. The zero-order valence-electron chi connectivity index (χ0n) is 14.8. The van der Waals surface area contributed by atoms with Gasteiger partial charge >= 0.3 is 0 Å². The summed E-state index contributed by atoms with van der Waals surface area (Å²) in [6.45, 7) is 2.36. The second kappa shape index (κ2) is 7.80. The van der Waals surface area contributed by atoms with Crippen LogP contribution in [0.4, 0.5) is 4.39 Å². The molecule has 0 aliphatic rings. The van der Waals surface area contributed by atoms with Crippen molar-refractivity contribution in [3.8, 4) is 17.1 Å². The number of aromatic nitrogens is 4. The van der Waals surface area contributed by atoms with Gasteiger partial charge in [-0.1, -0.05) is 12.1 Å². The number of tetrazole rings is 1. The zero-order chi connectivity index (χ0) is 19.4. The molecule has 3 aromatic rings. The lowest BCUT2D eigenvalue weighted by Crippen LogP contribution is -2.24. The molecule has 0 radical (unpaired) electrons. The zero-order valence-corrected chi connectivity index (χ0v) is 15.6. The Morgan fingerprint density at radius 1 is 1.22 bits per heavy atom. The first-order valence-corrected chi connectivity index (χ1v) is 9.61. The highest BCUT2D eigenvalue weighted by Crippen LogP contribution is 2.29. The van der Waals surface area contributed by atoms with Gasteiger partial charge in [-0.3, -0.25) is 0 Å². The molecule has 0 aliphatic carbocycles. The monoisotopic (exact) mass is 391 g/mol. The molecule has 0 bridgehead atoms. The van der Waals surface area contributed by atoms with Gasteiger partial charge in [0.25, 0.3) is 0 Å². The van der Waals surface area contributed by atoms with Gasteiger partial charge in [-0.05, 0) is 53.2 Å². The van der Waals surface area contributed by atoms with E-state index in [4.69, 9.17) is 4.74 Å². The van der Waals surface area contributed by atoms with Crippen LogP contribution in [0.1, 0.15) is 12.5 Å². The van der Waals surface area contributed by atoms with E-state index >= 15 is 0 Å². The van der Waals surface area contributed by atoms with Crippen LogP contribution in [0.3, 0.4) is 0 Å². The fourth-order valence-electron chi connectivity index (χ4n) is 2.55. The van der Waals surface area contributed by atoms with E-state index in [2.05, 4.69) is 20.2 Å². The molecule has 0 spiro atoms. The molecule has 0 fully saturated rings. The Bertz CT molecular complexity index is 1050. The Morgan fingerprint density at radius 3 is 2.74 bits per heavy atom. The van der Waals surface area contributed by atoms with Crippen molar-refractivity contribution in [1.29, 1.82) is 0 Å². The molecule has 8 nitrogen and oxygen atoms in total. The number of methoxy groups -OCH3 is 1. The Morgan fingerprint density at radius 2 is 2.04 bits per heavy atom. The molecular weight excluding hydrogens is 373 g/mol. The van der Waals surface area contributed by atoms with Crippen LogP contribution in [0, 0.1) is 5.82 Å². The highest BCUT2D eigenvalue weighted by atomic mass is 32.2. The number of sulfonamides is 1. The van der Waals surface area contributed by atoms with Gasteiger partial charge in [0.05, 0.1) is 7.11 Å². The van der Waals surface area contributed by atoms with Crippen molar-refractivity contribution < 1.29 is 17.5 Å². The summed E-state index contributed by atoms with van der Waals surface area (Å²) in [5.41, 5.74) is 1.04. The molecule has 0 aliphatic heterocycles. The summed E-state index contributed by atoms with van der Waals surface area (Å²) in [5.74, 6) is 0.195. The normalized spacial score (nSPS) is 11.5. The summed E-state index contributed by atoms with van der Waals surface area (Å²) in [4.78, 5) is -0.0513. The van der Waals surface area contributed by atoms with Gasteiger partial charge in [-0.15, -0.1) is 5.10 Å². The number of halogens is 1. The molecule has 27 heavy (non-hydrogen) atoms. The third-order valence-corrected chi connectivity index (χ3v) is 5.32. The Labute approximate surface area is 156 Å². The number of aryl methyl sites for hydroxylation is 1. The van der Waals surface area contributed by atoms with Crippen molar-refractivity contribution in [2.75, 3.05) is 7.11 Å². The fraction of sp³-hybridized carbons (Fsp3) is 0.235. The van der Waals surface area contributed by atoms with E-state index in [-0.39, 0.29) is 17.2 Å². The molecule has 142 valence electrons. The van der Waals surface area contributed by atoms with Gasteiger partial charge in [0.15, 0.2) is 5.82 Å². The van der Waals surface area contributed by atoms with E-state index in [0.717, 1.165) is 0 Å². The average molecular weight is 391 g/mol. The number of hydrogen-bond donors (Lipinski definition) is 1. The summed E-state index contributed by atoms with van der Waals surface area (Å²) in [7, 11) is -2.54. The maximum atomic E-state index is 13.3. The quantitative estimate of drug-likeness (QED) is 0.661. The summed E-state index contributed by atoms with van der Waals surface area (Å²) in [6.07, 6.45) is 0. The van der Waals surface area contributed by atoms with Gasteiger partial charge in [0.2, 0.25) is 10.0 Å². The minimum atomic E-state index is -3.92. The van der Waals surface area contributed by atoms with Crippen molar-refractivity contribution in [3.05, 3.63) is 53.8 Å². The molecule has 0 saturated carbocycles. The molecule has 3 rings (SSSR count). The number of benzene rings is 2. The van der Waals surface area contributed by atoms with Crippen molar-refractivity contribution in [2.24, 2.45) is 0 Å². The number of nitrogens with zero attached hydrogens (tertiary/aromatic N) is 4. The van der Waals surface area contributed by atoms with E-state index in [1.807, 2.05) is 6.92 Å². The predicted octanol–water partition coefficient (Wildman–Crippen LogP) is 1.99. The van der Waals surface area contributed by atoms with Gasteiger partial charge in [0, 0.05) is 18.7 Å². The van der Waals surface area contributed by atoms with Gasteiger partial charge in [-0.25, -0.2) is 22.2 Å². The number of hydrogen-bond acceptors (Lipinski definition) is 6. The highest BCUT2D eigenvalue weighted by molar-refractivity contribution is 7.89. The van der Waals surface area contributed by atoms with Crippen LogP contribution < -0.4 is 9.46 Å². The molecule has 1 heterocycles. The van der Waals surface area contributed by atoms with Crippen molar-refractivity contribution in [1.82, 2.24) is 24.9 Å². The van der Waals surface area contributed by atoms with Crippen molar-refractivity contribution in [2.45, 2.75) is 24.9 Å².